The summed E-state index contributed by atoms with van der Waals surface area (Å²) in [7, 11) is 0. The Morgan fingerprint density at radius 1 is 1.32 bits per heavy atom. The molecule has 2 heterocycles. The lowest BCUT2D eigenvalue weighted by atomic mass is 9.95. The van der Waals surface area contributed by atoms with Crippen LogP contribution in [0.3, 0.4) is 0 Å². The van der Waals surface area contributed by atoms with Crippen molar-refractivity contribution in [1.82, 2.24) is 15.1 Å². The summed E-state index contributed by atoms with van der Waals surface area (Å²) < 4.78 is 1.04. The number of amides is 1. The predicted octanol–water partition coefficient (Wildman–Crippen LogP) is 4.25. The standard InChI is InChI=1S/C17H20BrN3O/c1-4-9-21-16(11-5-7-12(18)8-6-11)13-14(10(2)3)19-20-15(13)17(21)22/h5-8,10,16H,4,9H2,1-3H3,(H,19,20). The zero-order chi connectivity index (χ0) is 15.9. The van der Waals surface area contributed by atoms with Crippen molar-refractivity contribution in [2.45, 2.75) is 39.2 Å². The Morgan fingerprint density at radius 3 is 2.59 bits per heavy atom. The minimum Gasteiger partial charge on any atom is -0.326 e. The van der Waals surface area contributed by atoms with E-state index in [-0.39, 0.29) is 11.9 Å². The van der Waals surface area contributed by atoms with E-state index in [1.54, 1.807) is 0 Å². The molecule has 5 heteroatoms. The second-order valence-corrected chi connectivity index (χ2v) is 6.92. The normalized spacial score (nSPS) is 17.4. The number of carbonyl (C=O) groups excluding carboxylic acids is 1. The van der Waals surface area contributed by atoms with E-state index in [4.69, 9.17) is 0 Å². The maximum Gasteiger partial charge on any atom is 0.275 e. The molecule has 1 unspecified atom stereocenters. The second-order valence-electron chi connectivity index (χ2n) is 6.01. The molecule has 1 aromatic heterocycles. The monoisotopic (exact) mass is 361 g/mol. The molecule has 3 rings (SSSR count). The molecule has 0 radical (unpaired) electrons. The summed E-state index contributed by atoms with van der Waals surface area (Å²) in [6.07, 6.45) is 0.934. The molecule has 1 aliphatic heterocycles. The summed E-state index contributed by atoms with van der Waals surface area (Å²) in [6.45, 7) is 7.09. The highest BCUT2D eigenvalue weighted by Gasteiger charge is 2.41. The number of H-pyrrole nitrogens is 1. The van der Waals surface area contributed by atoms with Crippen molar-refractivity contribution in [1.29, 1.82) is 0 Å². The molecule has 1 aromatic carbocycles. The SMILES string of the molecule is CCCN1C(=O)c2n[nH]c(C(C)C)c2C1c1ccc(Br)cc1. The molecule has 4 nitrogen and oxygen atoms in total. The smallest absolute Gasteiger partial charge is 0.275 e. The average molecular weight is 362 g/mol. The fraction of sp³-hybridized carbons (Fsp3) is 0.412. The highest BCUT2D eigenvalue weighted by atomic mass is 79.9. The number of halogens is 1. The van der Waals surface area contributed by atoms with Crippen LogP contribution in [0.25, 0.3) is 0 Å². The first-order chi connectivity index (χ1) is 10.5. The van der Waals surface area contributed by atoms with E-state index >= 15 is 0 Å². The van der Waals surface area contributed by atoms with Gasteiger partial charge in [-0.25, -0.2) is 0 Å². The van der Waals surface area contributed by atoms with E-state index in [2.05, 4.69) is 59.0 Å². The topological polar surface area (TPSA) is 49.0 Å². The van der Waals surface area contributed by atoms with Gasteiger partial charge in [0.2, 0.25) is 0 Å². The molecule has 22 heavy (non-hydrogen) atoms. The molecule has 0 spiro atoms. The third-order valence-electron chi connectivity index (χ3n) is 4.11. The third-order valence-corrected chi connectivity index (χ3v) is 4.64. The van der Waals surface area contributed by atoms with Crippen LogP contribution < -0.4 is 0 Å². The third kappa shape index (κ3) is 2.37. The highest BCUT2D eigenvalue weighted by molar-refractivity contribution is 9.10. The average Bonchev–Trinajstić information content (AvgIpc) is 3.02. The van der Waals surface area contributed by atoms with E-state index in [0.717, 1.165) is 34.3 Å². The zero-order valence-electron chi connectivity index (χ0n) is 13.1. The molecule has 0 bridgehead atoms. The van der Waals surface area contributed by atoms with E-state index in [1.807, 2.05) is 17.0 Å². The van der Waals surface area contributed by atoms with Gasteiger partial charge >= 0.3 is 0 Å². The second kappa shape index (κ2) is 5.88. The van der Waals surface area contributed by atoms with Crippen molar-refractivity contribution in [2.75, 3.05) is 6.54 Å². The van der Waals surface area contributed by atoms with Crippen LogP contribution in [0.15, 0.2) is 28.7 Å². The Hall–Kier alpha value is -1.62. The molecule has 1 amide bonds. The maximum atomic E-state index is 12.7. The van der Waals surface area contributed by atoms with Crippen molar-refractivity contribution >= 4 is 21.8 Å². The summed E-state index contributed by atoms with van der Waals surface area (Å²) in [5.41, 5.74) is 3.84. The Balaban J connectivity index is 2.14. The molecule has 0 saturated heterocycles. The van der Waals surface area contributed by atoms with Crippen LogP contribution in [0.1, 0.15) is 66.5 Å². The quantitative estimate of drug-likeness (QED) is 0.884. The van der Waals surface area contributed by atoms with Crippen molar-refractivity contribution in [2.24, 2.45) is 0 Å². The van der Waals surface area contributed by atoms with Gasteiger partial charge in [0.05, 0.1) is 6.04 Å². The number of aromatic amines is 1. The molecular weight excluding hydrogens is 342 g/mol. The zero-order valence-corrected chi connectivity index (χ0v) is 14.6. The Bertz CT molecular complexity index is 690. The van der Waals surface area contributed by atoms with Gasteiger partial charge in [-0.1, -0.05) is 48.8 Å². The van der Waals surface area contributed by atoms with Crippen LogP contribution in [0.2, 0.25) is 0 Å². The lowest BCUT2D eigenvalue weighted by Crippen LogP contribution is -2.30. The number of rotatable bonds is 4. The fourth-order valence-electron chi connectivity index (χ4n) is 3.12. The van der Waals surface area contributed by atoms with Gasteiger partial charge in [0, 0.05) is 22.3 Å². The Kier molecular flexibility index (Phi) is 4.08. The maximum absolute atomic E-state index is 12.7. The van der Waals surface area contributed by atoms with Crippen molar-refractivity contribution in [3.8, 4) is 0 Å². The van der Waals surface area contributed by atoms with Gasteiger partial charge in [-0.05, 0) is 30.0 Å². The summed E-state index contributed by atoms with van der Waals surface area (Å²) in [5.74, 6) is 0.344. The number of carbonyl (C=O) groups is 1. The van der Waals surface area contributed by atoms with Crippen LogP contribution in [0.4, 0.5) is 0 Å². The van der Waals surface area contributed by atoms with Gasteiger partial charge < -0.3 is 4.90 Å². The van der Waals surface area contributed by atoms with Gasteiger partial charge in [0.1, 0.15) is 0 Å². The van der Waals surface area contributed by atoms with Gasteiger partial charge in [-0.15, -0.1) is 0 Å². The van der Waals surface area contributed by atoms with Crippen LogP contribution >= 0.6 is 15.9 Å². The Labute approximate surface area is 139 Å². The van der Waals surface area contributed by atoms with Gasteiger partial charge in [-0.3, -0.25) is 9.89 Å². The molecular formula is C17H20BrN3O. The molecule has 0 aliphatic carbocycles. The van der Waals surface area contributed by atoms with Crippen LogP contribution in [-0.4, -0.2) is 27.5 Å². The lowest BCUT2D eigenvalue weighted by Gasteiger charge is -2.26. The van der Waals surface area contributed by atoms with Gasteiger partial charge in [-0.2, -0.15) is 5.10 Å². The number of nitrogens with one attached hydrogen (secondary N) is 1. The minimum atomic E-state index is -0.0355. The van der Waals surface area contributed by atoms with E-state index in [9.17, 15) is 4.79 Å². The summed E-state index contributed by atoms with van der Waals surface area (Å²) in [5, 5.41) is 7.37. The molecule has 1 N–H and O–H groups in total. The molecule has 1 atom stereocenters. The van der Waals surface area contributed by atoms with E-state index < -0.39 is 0 Å². The van der Waals surface area contributed by atoms with Gasteiger partial charge in [0.15, 0.2) is 5.69 Å². The van der Waals surface area contributed by atoms with E-state index in [1.165, 1.54) is 0 Å². The number of nitrogens with zero attached hydrogens (tertiary/aromatic N) is 2. The van der Waals surface area contributed by atoms with Gasteiger partial charge in [0.25, 0.3) is 5.91 Å². The summed E-state index contributed by atoms with van der Waals surface area (Å²) in [4.78, 5) is 14.7. The highest BCUT2D eigenvalue weighted by Crippen LogP contribution is 2.41. The predicted molar refractivity (Wildman–Crippen MR) is 90.0 cm³/mol. The van der Waals surface area contributed by atoms with Crippen molar-refractivity contribution in [3.05, 3.63) is 51.3 Å². The molecule has 0 fully saturated rings. The van der Waals surface area contributed by atoms with Crippen LogP contribution in [0.5, 0.6) is 0 Å². The minimum absolute atomic E-state index is 0.0351. The fourth-order valence-corrected chi connectivity index (χ4v) is 3.38. The molecule has 116 valence electrons. The first-order valence-electron chi connectivity index (χ1n) is 7.69. The largest absolute Gasteiger partial charge is 0.326 e. The van der Waals surface area contributed by atoms with Crippen molar-refractivity contribution in [3.63, 3.8) is 0 Å². The number of aromatic nitrogens is 2. The van der Waals surface area contributed by atoms with E-state index in [0.29, 0.717) is 11.6 Å². The number of hydrogen-bond donors (Lipinski definition) is 1. The number of fused-ring (bicyclic) bond motifs is 1. The molecule has 1 aliphatic rings. The van der Waals surface area contributed by atoms with Crippen molar-refractivity contribution < 1.29 is 4.79 Å². The molecule has 2 aromatic rings. The lowest BCUT2D eigenvalue weighted by molar-refractivity contribution is 0.0743. The Morgan fingerprint density at radius 2 is 2.00 bits per heavy atom. The molecule has 0 saturated carbocycles. The summed E-state index contributed by atoms with van der Waals surface area (Å²) in [6, 6.07) is 8.17. The number of hydrogen-bond acceptors (Lipinski definition) is 2. The summed E-state index contributed by atoms with van der Waals surface area (Å²) >= 11 is 3.47. The first-order valence-corrected chi connectivity index (χ1v) is 8.48. The first kappa shape index (κ1) is 15.3. The number of benzene rings is 1. The van der Waals surface area contributed by atoms with Crippen LogP contribution in [0, 0.1) is 0 Å². The van der Waals surface area contributed by atoms with Crippen LogP contribution in [-0.2, 0) is 0 Å².